The highest BCUT2D eigenvalue weighted by Gasteiger charge is 2.50. The van der Waals surface area contributed by atoms with Crippen LogP contribution in [0.2, 0.25) is 0 Å². The van der Waals surface area contributed by atoms with E-state index in [1.54, 1.807) is 13.8 Å². The highest BCUT2D eigenvalue weighted by atomic mass is 16.7. The molecule has 12 nitrogen and oxygen atoms in total. The number of ketones is 3. The number of hydrogen-bond acceptors (Lipinski definition) is 12. The number of methoxy groups -OCH3 is 1. The number of ether oxygens (including phenoxy) is 4. The van der Waals surface area contributed by atoms with Crippen molar-refractivity contribution in [3.05, 3.63) is 51.6 Å². The van der Waals surface area contributed by atoms with Gasteiger partial charge in [-0.3, -0.25) is 14.4 Å². The number of fused-ring (bicyclic) bond motifs is 3. The number of benzene rings is 2. The van der Waals surface area contributed by atoms with E-state index in [2.05, 4.69) is 0 Å². The SMILES string of the molecule is CCOCC(=O)C1(O)Cc2c(O)c3c(c(O)c2C(OC2CC(N)C(O)C(C)O2)C1)C(=O)c1c(OC)cccc1C3=O. The zero-order valence-electron chi connectivity index (χ0n) is 22.9. The first-order valence-corrected chi connectivity index (χ1v) is 13.4. The van der Waals surface area contributed by atoms with Crippen LogP contribution in [0.25, 0.3) is 0 Å². The van der Waals surface area contributed by atoms with Crippen molar-refractivity contribution in [2.75, 3.05) is 20.3 Å². The zero-order chi connectivity index (χ0) is 29.8. The van der Waals surface area contributed by atoms with E-state index in [1.807, 2.05) is 0 Å². The van der Waals surface area contributed by atoms with E-state index in [4.69, 9.17) is 24.7 Å². The molecule has 3 aliphatic rings. The van der Waals surface area contributed by atoms with Crippen LogP contribution in [0.4, 0.5) is 0 Å². The van der Waals surface area contributed by atoms with Gasteiger partial charge in [0.2, 0.25) is 5.78 Å². The first-order chi connectivity index (χ1) is 19.4. The van der Waals surface area contributed by atoms with Gasteiger partial charge in [0, 0.05) is 48.6 Å². The van der Waals surface area contributed by atoms with Crippen molar-refractivity contribution in [1.29, 1.82) is 0 Å². The minimum absolute atomic E-state index is 0.0278. The second kappa shape index (κ2) is 10.8. The van der Waals surface area contributed by atoms with Crippen LogP contribution in [0, 0.1) is 0 Å². The molecule has 1 saturated heterocycles. The first kappa shape index (κ1) is 29.1. The number of hydrogen-bond donors (Lipinski definition) is 5. The lowest BCUT2D eigenvalue weighted by atomic mass is 9.72. The number of aliphatic hydroxyl groups is 2. The third-order valence-electron chi connectivity index (χ3n) is 8.10. The summed E-state index contributed by atoms with van der Waals surface area (Å²) in [5.41, 5.74) is 2.78. The first-order valence-electron chi connectivity index (χ1n) is 13.4. The Kier molecular flexibility index (Phi) is 7.66. The van der Waals surface area contributed by atoms with Crippen molar-refractivity contribution in [3.8, 4) is 17.2 Å². The predicted molar refractivity (Wildman–Crippen MR) is 141 cm³/mol. The lowest BCUT2D eigenvalue weighted by molar-refractivity contribution is -0.247. The Morgan fingerprint density at radius 1 is 1.15 bits per heavy atom. The van der Waals surface area contributed by atoms with Gasteiger partial charge in [-0.2, -0.15) is 0 Å². The van der Waals surface area contributed by atoms with Gasteiger partial charge in [-0.1, -0.05) is 12.1 Å². The van der Waals surface area contributed by atoms with Crippen LogP contribution in [-0.2, 0) is 25.4 Å². The Hall–Kier alpha value is -3.39. The summed E-state index contributed by atoms with van der Waals surface area (Å²) < 4.78 is 22.4. The predicted octanol–water partition coefficient (Wildman–Crippen LogP) is 1.05. The number of carbonyl (C=O) groups excluding carboxylic acids is 3. The smallest absolute Gasteiger partial charge is 0.202 e. The van der Waals surface area contributed by atoms with Gasteiger partial charge < -0.3 is 45.1 Å². The van der Waals surface area contributed by atoms with Crippen molar-refractivity contribution >= 4 is 17.3 Å². The highest BCUT2D eigenvalue weighted by Crippen LogP contribution is 2.52. The second-order valence-corrected chi connectivity index (χ2v) is 10.6. The topological polar surface area (TPSA) is 195 Å². The van der Waals surface area contributed by atoms with Gasteiger partial charge in [0.1, 0.15) is 29.5 Å². The van der Waals surface area contributed by atoms with Gasteiger partial charge in [0.25, 0.3) is 0 Å². The minimum Gasteiger partial charge on any atom is -0.507 e. The van der Waals surface area contributed by atoms with Crippen molar-refractivity contribution in [3.63, 3.8) is 0 Å². The lowest BCUT2D eigenvalue weighted by Gasteiger charge is -2.42. The maximum atomic E-state index is 13.7. The molecule has 41 heavy (non-hydrogen) atoms. The summed E-state index contributed by atoms with van der Waals surface area (Å²) >= 11 is 0. The molecule has 12 heteroatoms. The molecule has 0 saturated carbocycles. The molecule has 5 rings (SSSR count). The van der Waals surface area contributed by atoms with Gasteiger partial charge in [-0.15, -0.1) is 0 Å². The summed E-state index contributed by atoms with van der Waals surface area (Å²) in [4.78, 5) is 40.4. The Morgan fingerprint density at radius 2 is 1.85 bits per heavy atom. The molecule has 1 aliphatic heterocycles. The Bertz CT molecular complexity index is 1410. The molecule has 6 unspecified atom stereocenters. The maximum absolute atomic E-state index is 13.7. The molecule has 1 heterocycles. The van der Waals surface area contributed by atoms with Crippen LogP contribution in [0.15, 0.2) is 18.2 Å². The number of rotatable bonds is 7. The Balaban J connectivity index is 1.67. The molecule has 0 spiro atoms. The van der Waals surface area contributed by atoms with Crippen LogP contribution in [0.3, 0.4) is 0 Å². The summed E-state index contributed by atoms with van der Waals surface area (Å²) in [5.74, 6) is -3.34. The van der Waals surface area contributed by atoms with E-state index in [1.165, 1.54) is 25.3 Å². The second-order valence-electron chi connectivity index (χ2n) is 10.6. The van der Waals surface area contributed by atoms with Crippen molar-refractivity contribution in [1.82, 2.24) is 0 Å². The highest BCUT2D eigenvalue weighted by molar-refractivity contribution is 6.31. The normalized spacial score (nSPS) is 29.0. The standard InChI is InChI=1S/C29H33NO11/c1-4-39-11-18(31)29(37)9-14-21(17(10-29)41-19-8-15(30)24(32)12(2)40-19)28(36)23-22(26(14)34)25(33)13-6-5-7-16(38-3)20(13)27(23)35/h5-7,12,15,17,19,24,32,34,36-37H,4,8-11,30H2,1-3H3. The Labute approximate surface area is 235 Å². The number of phenols is 2. The molecule has 2 aromatic rings. The number of nitrogens with two attached hydrogens (primary N) is 1. The molecule has 220 valence electrons. The fourth-order valence-electron chi connectivity index (χ4n) is 5.93. The number of phenolic OH excluding ortho intramolecular Hbond substituents is 2. The average Bonchev–Trinajstić information content (AvgIpc) is 2.94. The summed E-state index contributed by atoms with van der Waals surface area (Å²) in [7, 11) is 1.34. The Morgan fingerprint density at radius 3 is 2.51 bits per heavy atom. The molecule has 2 aromatic carbocycles. The minimum atomic E-state index is -2.12. The molecule has 0 radical (unpaired) electrons. The molecule has 1 fully saturated rings. The molecular formula is C29H33NO11. The number of aliphatic hydroxyl groups excluding tert-OH is 1. The van der Waals surface area contributed by atoms with Crippen LogP contribution < -0.4 is 10.5 Å². The summed E-state index contributed by atoms with van der Waals surface area (Å²) in [6.07, 6.45) is -4.80. The average molecular weight is 572 g/mol. The van der Waals surface area contributed by atoms with Gasteiger partial charge in [-0.05, 0) is 19.9 Å². The third kappa shape index (κ3) is 4.70. The van der Waals surface area contributed by atoms with E-state index in [9.17, 15) is 34.8 Å². The molecule has 6 atom stereocenters. The molecule has 0 aromatic heterocycles. The largest absolute Gasteiger partial charge is 0.507 e. The van der Waals surface area contributed by atoms with E-state index in [0.717, 1.165) is 0 Å². The molecule has 6 N–H and O–H groups in total. The zero-order valence-corrected chi connectivity index (χ0v) is 22.9. The number of Topliss-reactive ketones (excluding diaryl/α,β-unsaturated/α-hetero) is 1. The van der Waals surface area contributed by atoms with Crippen molar-refractivity contribution in [2.45, 2.75) is 69.4 Å². The van der Waals surface area contributed by atoms with E-state index >= 15 is 0 Å². The summed E-state index contributed by atoms with van der Waals surface area (Å²) in [5, 5.41) is 44.8. The van der Waals surface area contributed by atoms with Gasteiger partial charge in [-0.25, -0.2) is 0 Å². The quantitative estimate of drug-likeness (QED) is 0.253. The number of aromatic hydroxyl groups is 2. The monoisotopic (exact) mass is 571 g/mol. The molecule has 2 aliphatic carbocycles. The van der Waals surface area contributed by atoms with Gasteiger partial charge in [0.05, 0.1) is 42.1 Å². The number of carbonyl (C=O) groups is 3. The van der Waals surface area contributed by atoms with Gasteiger partial charge in [0.15, 0.2) is 17.9 Å². The van der Waals surface area contributed by atoms with Crippen LogP contribution in [-0.4, -0.2) is 88.2 Å². The third-order valence-corrected chi connectivity index (χ3v) is 8.10. The van der Waals surface area contributed by atoms with Crippen LogP contribution in [0.1, 0.15) is 75.8 Å². The fourth-order valence-corrected chi connectivity index (χ4v) is 5.93. The van der Waals surface area contributed by atoms with E-state index in [-0.39, 0.29) is 47.5 Å². The van der Waals surface area contributed by atoms with Crippen LogP contribution in [0.5, 0.6) is 17.2 Å². The fraction of sp³-hybridized carbons (Fsp3) is 0.483. The van der Waals surface area contributed by atoms with Gasteiger partial charge >= 0.3 is 0 Å². The maximum Gasteiger partial charge on any atom is 0.202 e. The van der Waals surface area contributed by atoms with E-state index < -0.39 is 89.2 Å². The molecule has 0 amide bonds. The molecular weight excluding hydrogens is 538 g/mol. The van der Waals surface area contributed by atoms with Crippen LogP contribution >= 0.6 is 0 Å². The molecule has 0 bridgehead atoms. The van der Waals surface area contributed by atoms with Crippen molar-refractivity contribution in [2.24, 2.45) is 5.73 Å². The van der Waals surface area contributed by atoms with E-state index in [0.29, 0.717) is 0 Å². The summed E-state index contributed by atoms with van der Waals surface area (Å²) in [6, 6.07) is 3.72. The summed E-state index contributed by atoms with van der Waals surface area (Å²) in [6.45, 7) is 3.08. The van der Waals surface area contributed by atoms with Crippen molar-refractivity contribution < 1.29 is 53.8 Å². The lowest BCUT2D eigenvalue weighted by Crippen LogP contribution is -2.53.